The Labute approximate surface area is 66.2 Å². The second kappa shape index (κ2) is 2.78. The molecule has 0 spiro atoms. The molecule has 1 heterocycles. The van der Waals surface area contributed by atoms with Gasteiger partial charge in [0.25, 0.3) is 0 Å². The normalized spacial score (nSPS) is 9.73. The molecule has 0 fully saturated rings. The molecule has 2 N–H and O–H groups in total. The number of pyridine rings is 1. The van der Waals surface area contributed by atoms with Crippen LogP contribution in [0.4, 0.5) is 5.69 Å². The molecule has 0 aromatic carbocycles. The molecule has 0 radical (unpaired) electrons. The molecule has 1 aromatic heterocycles. The summed E-state index contributed by atoms with van der Waals surface area (Å²) in [6.07, 6.45) is 1.75. The fourth-order valence-electron chi connectivity index (χ4n) is 0.857. The van der Waals surface area contributed by atoms with E-state index in [1.54, 1.807) is 13.3 Å². The largest absolute Gasteiger partial charge is 0.480 e. The van der Waals surface area contributed by atoms with Gasteiger partial charge < -0.3 is 10.5 Å². The molecule has 0 saturated carbocycles. The molecule has 0 aliphatic carbocycles. The minimum absolute atomic E-state index is 0.508. The van der Waals surface area contributed by atoms with E-state index in [1.807, 2.05) is 13.8 Å². The maximum atomic E-state index is 5.71. The summed E-state index contributed by atoms with van der Waals surface area (Å²) in [6, 6.07) is 0. The second-order valence-corrected chi connectivity index (χ2v) is 2.49. The Hall–Kier alpha value is -1.25. The lowest BCUT2D eigenvalue weighted by atomic mass is 10.1. The number of hydrogen-bond donors (Lipinski definition) is 1. The predicted molar refractivity (Wildman–Crippen MR) is 44.7 cm³/mol. The number of nitrogen functional groups attached to an aromatic ring is 1. The average Bonchev–Trinajstić information content (AvgIpc) is 2.01. The van der Waals surface area contributed by atoms with Crippen LogP contribution in [0.15, 0.2) is 6.20 Å². The van der Waals surface area contributed by atoms with E-state index in [-0.39, 0.29) is 0 Å². The number of methoxy groups -OCH3 is 1. The minimum atomic E-state index is 0.508. The van der Waals surface area contributed by atoms with E-state index < -0.39 is 0 Å². The molecule has 0 atom stereocenters. The van der Waals surface area contributed by atoms with Crippen molar-refractivity contribution < 1.29 is 4.74 Å². The summed E-state index contributed by atoms with van der Waals surface area (Å²) in [4.78, 5) is 4.01. The molecular formula is C8H12N2O. The summed E-state index contributed by atoms with van der Waals surface area (Å²) in [6.45, 7) is 3.92. The Kier molecular flexibility index (Phi) is 1.98. The second-order valence-electron chi connectivity index (χ2n) is 2.49. The standard InChI is InChI=1S/C8H12N2O/c1-5-4-10-8(11-3)7(9)6(5)2/h4H,9H2,1-3H3. The van der Waals surface area contributed by atoms with Crippen molar-refractivity contribution in [1.29, 1.82) is 0 Å². The molecule has 1 aromatic rings. The number of aryl methyl sites for hydroxylation is 1. The van der Waals surface area contributed by atoms with Gasteiger partial charge in [0.1, 0.15) is 0 Å². The molecular weight excluding hydrogens is 140 g/mol. The van der Waals surface area contributed by atoms with E-state index >= 15 is 0 Å². The van der Waals surface area contributed by atoms with E-state index in [1.165, 1.54) is 0 Å². The number of rotatable bonds is 1. The van der Waals surface area contributed by atoms with Crippen LogP contribution >= 0.6 is 0 Å². The number of aromatic nitrogens is 1. The van der Waals surface area contributed by atoms with Gasteiger partial charge in [-0.3, -0.25) is 0 Å². The first-order valence-electron chi connectivity index (χ1n) is 3.42. The first kappa shape index (κ1) is 7.85. The highest BCUT2D eigenvalue weighted by molar-refractivity contribution is 5.56. The molecule has 0 aliphatic rings. The van der Waals surface area contributed by atoms with Gasteiger partial charge in [-0.2, -0.15) is 0 Å². The fraction of sp³-hybridized carbons (Fsp3) is 0.375. The molecule has 0 amide bonds. The predicted octanol–water partition coefficient (Wildman–Crippen LogP) is 1.29. The SMILES string of the molecule is COc1ncc(C)c(C)c1N. The monoisotopic (exact) mass is 152 g/mol. The van der Waals surface area contributed by atoms with E-state index in [9.17, 15) is 0 Å². The van der Waals surface area contributed by atoms with Crippen molar-refractivity contribution in [3.8, 4) is 5.88 Å². The van der Waals surface area contributed by atoms with Crippen molar-refractivity contribution >= 4 is 5.69 Å². The van der Waals surface area contributed by atoms with E-state index in [4.69, 9.17) is 10.5 Å². The van der Waals surface area contributed by atoms with Crippen LogP contribution in [0.1, 0.15) is 11.1 Å². The Morgan fingerprint density at radius 2 is 2.09 bits per heavy atom. The molecule has 3 heteroatoms. The van der Waals surface area contributed by atoms with E-state index in [0.29, 0.717) is 11.6 Å². The molecule has 0 bridgehead atoms. The van der Waals surface area contributed by atoms with Gasteiger partial charge in [-0.05, 0) is 25.0 Å². The summed E-state index contributed by atoms with van der Waals surface area (Å²) in [5.74, 6) is 0.508. The number of nitrogens with zero attached hydrogens (tertiary/aromatic N) is 1. The third-order valence-corrected chi connectivity index (χ3v) is 1.79. The van der Waals surface area contributed by atoms with Crippen LogP contribution < -0.4 is 10.5 Å². The zero-order valence-electron chi connectivity index (χ0n) is 7.01. The quantitative estimate of drug-likeness (QED) is 0.659. The number of anilines is 1. The summed E-state index contributed by atoms with van der Waals surface area (Å²) >= 11 is 0. The number of ether oxygens (including phenoxy) is 1. The minimum Gasteiger partial charge on any atom is -0.480 e. The van der Waals surface area contributed by atoms with Crippen molar-refractivity contribution in [3.63, 3.8) is 0 Å². The summed E-state index contributed by atoms with van der Waals surface area (Å²) in [7, 11) is 1.56. The molecule has 0 unspecified atom stereocenters. The first-order valence-corrected chi connectivity index (χ1v) is 3.42. The first-order chi connectivity index (χ1) is 5.16. The average molecular weight is 152 g/mol. The fourth-order valence-corrected chi connectivity index (χ4v) is 0.857. The van der Waals surface area contributed by atoms with Crippen molar-refractivity contribution in [1.82, 2.24) is 4.98 Å². The van der Waals surface area contributed by atoms with E-state index in [2.05, 4.69) is 4.98 Å². The van der Waals surface area contributed by atoms with Crippen LogP contribution in [0, 0.1) is 13.8 Å². The molecule has 60 valence electrons. The van der Waals surface area contributed by atoms with Crippen molar-refractivity contribution in [3.05, 3.63) is 17.3 Å². The third kappa shape index (κ3) is 1.27. The summed E-state index contributed by atoms with van der Waals surface area (Å²) < 4.78 is 4.94. The maximum absolute atomic E-state index is 5.71. The zero-order chi connectivity index (χ0) is 8.43. The van der Waals surface area contributed by atoms with E-state index in [0.717, 1.165) is 11.1 Å². The number of nitrogens with two attached hydrogens (primary N) is 1. The van der Waals surface area contributed by atoms with Gasteiger partial charge in [0, 0.05) is 6.20 Å². The summed E-state index contributed by atoms with van der Waals surface area (Å²) in [5, 5.41) is 0. The molecule has 0 saturated heterocycles. The highest BCUT2D eigenvalue weighted by atomic mass is 16.5. The highest BCUT2D eigenvalue weighted by Crippen LogP contribution is 2.23. The zero-order valence-corrected chi connectivity index (χ0v) is 7.01. The van der Waals surface area contributed by atoms with Crippen LogP contribution in [0.3, 0.4) is 0 Å². The van der Waals surface area contributed by atoms with Crippen LogP contribution in [0.25, 0.3) is 0 Å². The van der Waals surface area contributed by atoms with Crippen molar-refractivity contribution in [2.45, 2.75) is 13.8 Å². The molecule has 0 aliphatic heterocycles. The summed E-state index contributed by atoms with van der Waals surface area (Å²) in [5.41, 5.74) is 8.46. The van der Waals surface area contributed by atoms with Gasteiger partial charge in [-0.25, -0.2) is 4.98 Å². The smallest absolute Gasteiger partial charge is 0.237 e. The van der Waals surface area contributed by atoms with Gasteiger partial charge in [0.15, 0.2) is 0 Å². The van der Waals surface area contributed by atoms with Crippen LogP contribution in [-0.4, -0.2) is 12.1 Å². The molecule has 1 rings (SSSR count). The van der Waals surface area contributed by atoms with Crippen LogP contribution in [0.2, 0.25) is 0 Å². The highest BCUT2D eigenvalue weighted by Gasteiger charge is 2.04. The topological polar surface area (TPSA) is 48.1 Å². The van der Waals surface area contributed by atoms with Gasteiger partial charge in [-0.1, -0.05) is 0 Å². The Morgan fingerprint density at radius 1 is 1.45 bits per heavy atom. The number of hydrogen-bond acceptors (Lipinski definition) is 3. The van der Waals surface area contributed by atoms with Gasteiger partial charge in [0.2, 0.25) is 5.88 Å². The maximum Gasteiger partial charge on any atom is 0.237 e. The lowest BCUT2D eigenvalue weighted by Gasteiger charge is -2.07. The lowest BCUT2D eigenvalue weighted by Crippen LogP contribution is -1.99. The Bertz CT molecular complexity index is 271. The van der Waals surface area contributed by atoms with Gasteiger partial charge in [0.05, 0.1) is 12.8 Å². The Morgan fingerprint density at radius 3 is 2.64 bits per heavy atom. The van der Waals surface area contributed by atoms with Crippen LogP contribution in [-0.2, 0) is 0 Å². The van der Waals surface area contributed by atoms with Gasteiger partial charge in [-0.15, -0.1) is 0 Å². The molecule has 3 nitrogen and oxygen atoms in total. The van der Waals surface area contributed by atoms with Crippen LogP contribution in [0.5, 0.6) is 5.88 Å². The Balaban J connectivity index is 3.25. The van der Waals surface area contributed by atoms with Gasteiger partial charge >= 0.3 is 0 Å². The third-order valence-electron chi connectivity index (χ3n) is 1.79. The molecule has 11 heavy (non-hydrogen) atoms. The lowest BCUT2D eigenvalue weighted by molar-refractivity contribution is 0.400. The van der Waals surface area contributed by atoms with Crippen molar-refractivity contribution in [2.24, 2.45) is 0 Å². The van der Waals surface area contributed by atoms with Crippen molar-refractivity contribution in [2.75, 3.05) is 12.8 Å².